The first kappa shape index (κ1) is 20.7. The Labute approximate surface area is 163 Å². The van der Waals surface area contributed by atoms with Crippen molar-refractivity contribution in [1.82, 2.24) is 15.5 Å². The summed E-state index contributed by atoms with van der Waals surface area (Å²) in [5.74, 6) is 0.189. The van der Waals surface area contributed by atoms with Crippen molar-refractivity contribution in [1.29, 1.82) is 0 Å². The highest BCUT2D eigenvalue weighted by atomic mass is 35.5. The number of nitrogens with zero attached hydrogens (tertiary/aromatic N) is 1. The van der Waals surface area contributed by atoms with Crippen LogP contribution in [-0.4, -0.2) is 42.3 Å². The van der Waals surface area contributed by atoms with Gasteiger partial charge in [-0.25, -0.2) is 0 Å². The Morgan fingerprint density at radius 2 is 2.04 bits per heavy atom. The number of fused-ring (bicyclic) bond motifs is 1. The molecule has 0 saturated carbocycles. The maximum absolute atomic E-state index is 12.4. The first-order valence-electron chi connectivity index (χ1n) is 8.55. The lowest BCUT2D eigenvalue weighted by molar-refractivity contribution is -0.140. The van der Waals surface area contributed by atoms with Crippen molar-refractivity contribution < 1.29 is 19.1 Å². The summed E-state index contributed by atoms with van der Waals surface area (Å²) in [4.78, 5) is 23.5. The molecule has 1 aromatic carbocycles. The van der Waals surface area contributed by atoms with E-state index in [1.807, 2.05) is 0 Å². The van der Waals surface area contributed by atoms with Crippen molar-refractivity contribution >= 4 is 30.0 Å². The summed E-state index contributed by atoms with van der Waals surface area (Å²) in [6.45, 7) is 1.96. The highest BCUT2D eigenvalue weighted by molar-refractivity contribution is 6.04. The molecule has 1 amide bonds. The molecule has 0 saturated heterocycles. The lowest BCUT2D eigenvalue weighted by Crippen LogP contribution is -2.25. The predicted molar refractivity (Wildman–Crippen MR) is 102 cm³/mol. The lowest BCUT2D eigenvalue weighted by Gasteiger charge is -2.13. The van der Waals surface area contributed by atoms with E-state index in [2.05, 4.69) is 25.6 Å². The molecule has 1 aliphatic heterocycles. The fourth-order valence-electron chi connectivity index (χ4n) is 2.75. The van der Waals surface area contributed by atoms with Gasteiger partial charge in [0.15, 0.2) is 5.69 Å². The van der Waals surface area contributed by atoms with Crippen molar-refractivity contribution in [2.75, 3.05) is 25.6 Å². The summed E-state index contributed by atoms with van der Waals surface area (Å²) in [6, 6.07) is 7.08. The largest absolute Gasteiger partial charge is 0.494 e. The Morgan fingerprint density at radius 3 is 2.78 bits per heavy atom. The van der Waals surface area contributed by atoms with E-state index in [0.717, 1.165) is 24.2 Å². The molecule has 3 N–H and O–H groups in total. The Kier molecular flexibility index (Phi) is 7.63. The van der Waals surface area contributed by atoms with E-state index in [1.54, 1.807) is 24.3 Å². The van der Waals surface area contributed by atoms with E-state index in [0.29, 0.717) is 43.1 Å². The number of methoxy groups -OCH3 is 1. The summed E-state index contributed by atoms with van der Waals surface area (Å²) in [5, 5.41) is 13.2. The highest BCUT2D eigenvalue weighted by Gasteiger charge is 2.21. The molecule has 9 heteroatoms. The van der Waals surface area contributed by atoms with E-state index < -0.39 is 0 Å². The van der Waals surface area contributed by atoms with Gasteiger partial charge in [-0.1, -0.05) is 0 Å². The quantitative estimate of drug-likeness (QED) is 0.490. The van der Waals surface area contributed by atoms with Crippen LogP contribution in [0.2, 0.25) is 0 Å². The summed E-state index contributed by atoms with van der Waals surface area (Å²) < 4.78 is 10.1. The summed E-state index contributed by atoms with van der Waals surface area (Å²) in [7, 11) is 1.37. The fourth-order valence-corrected chi connectivity index (χ4v) is 2.75. The Bertz CT molecular complexity index is 776. The van der Waals surface area contributed by atoms with Crippen molar-refractivity contribution in [3.63, 3.8) is 0 Å². The van der Waals surface area contributed by atoms with E-state index in [9.17, 15) is 9.59 Å². The third kappa shape index (κ3) is 5.45. The van der Waals surface area contributed by atoms with Crippen LogP contribution in [0.15, 0.2) is 24.3 Å². The van der Waals surface area contributed by atoms with Crippen LogP contribution in [0.4, 0.5) is 5.69 Å². The zero-order valence-electron chi connectivity index (χ0n) is 15.0. The number of ether oxygens (including phenoxy) is 2. The van der Waals surface area contributed by atoms with Crippen LogP contribution in [0.3, 0.4) is 0 Å². The minimum absolute atomic E-state index is 0. The summed E-state index contributed by atoms with van der Waals surface area (Å²) >= 11 is 0. The molecule has 0 radical (unpaired) electrons. The van der Waals surface area contributed by atoms with Crippen molar-refractivity contribution in [3.8, 4) is 5.75 Å². The molecule has 0 aliphatic carbocycles. The van der Waals surface area contributed by atoms with Gasteiger partial charge in [0.25, 0.3) is 5.91 Å². The Balaban J connectivity index is 0.00000261. The first-order valence-corrected chi connectivity index (χ1v) is 8.55. The second-order valence-corrected chi connectivity index (χ2v) is 5.96. The smallest absolute Gasteiger partial charge is 0.305 e. The van der Waals surface area contributed by atoms with Gasteiger partial charge in [-0.15, -0.1) is 12.4 Å². The maximum Gasteiger partial charge on any atom is 0.305 e. The molecule has 8 nitrogen and oxygen atoms in total. The standard InChI is InChI=1S/C18H22N4O4.ClH/c1-25-16(23)3-2-10-26-13-6-4-12(5-7-13)20-18(24)17-14-11-19-9-8-15(14)21-22-17;/h4-7,19H,2-3,8-11H2,1H3,(H,20,24)(H,21,22);1H. The number of hydrogen-bond acceptors (Lipinski definition) is 6. The third-order valence-corrected chi connectivity index (χ3v) is 4.16. The second kappa shape index (κ2) is 9.94. The number of halogens is 1. The number of amides is 1. The predicted octanol–water partition coefficient (Wildman–Crippen LogP) is 2.06. The van der Waals surface area contributed by atoms with Gasteiger partial charge in [0, 0.05) is 42.9 Å². The number of rotatable bonds is 7. The Morgan fingerprint density at radius 1 is 1.26 bits per heavy atom. The SMILES string of the molecule is COC(=O)CCCOc1ccc(NC(=O)c2n[nH]c3c2CNCC3)cc1.Cl. The molecular formula is C18H23ClN4O4. The van der Waals surface area contributed by atoms with E-state index in [-0.39, 0.29) is 24.3 Å². The molecule has 27 heavy (non-hydrogen) atoms. The molecule has 0 bridgehead atoms. The topological polar surface area (TPSA) is 105 Å². The van der Waals surface area contributed by atoms with Crippen LogP contribution in [-0.2, 0) is 22.5 Å². The van der Waals surface area contributed by atoms with Crippen LogP contribution in [0, 0.1) is 0 Å². The molecule has 1 aromatic heterocycles. The van der Waals surface area contributed by atoms with Gasteiger partial charge in [0.1, 0.15) is 5.75 Å². The van der Waals surface area contributed by atoms with Crippen LogP contribution in [0.1, 0.15) is 34.6 Å². The minimum Gasteiger partial charge on any atom is -0.494 e. The summed E-state index contributed by atoms with van der Waals surface area (Å²) in [5.41, 5.74) is 3.04. The average molecular weight is 395 g/mol. The zero-order chi connectivity index (χ0) is 18.4. The highest BCUT2D eigenvalue weighted by Crippen LogP contribution is 2.19. The zero-order valence-corrected chi connectivity index (χ0v) is 15.9. The second-order valence-electron chi connectivity index (χ2n) is 5.96. The molecule has 3 rings (SSSR count). The van der Waals surface area contributed by atoms with Crippen LogP contribution in [0.25, 0.3) is 0 Å². The number of nitrogens with one attached hydrogen (secondary N) is 3. The minimum atomic E-state index is -0.248. The molecule has 0 spiro atoms. The maximum atomic E-state index is 12.4. The van der Waals surface area contributed by atoms with E-state index in [1.165, 1.54) is 7.11 Å². The van der Waals surface area contributed by atoms with Crippen LogP contribution < -0.4 is 15.4 Å². The number of hydrogen-bond donors (Lipinski definition) is 3. The molecule has 0 atom stereocenters. The van der Waals surface area contributed by atoms with Crippen molar-refractivity contribution in [2.45, 2.75) is 25.8 Å². The monoisotopic (exact) mass is 394 g/mol. The number of aromatic nitrogens is 2. The number of aromatic amines is 1. The van der Waals surface area contributed by atoms with E-state index >= 15 is 0 Å². The van der Waals surface area contributed by atoms with E-state index in [4.69, 9.17) is 4.74 Å². The van der Waals surface area contributed by atoms with Gasteiger partial charge in [-0.2, -0.15) is 5.10 Å². The third-order valence-electron chi connectivity index (χ3n) is 4.16. The molecule has 1 aliphatic rings. The van der Waals surface area contributed by atoms with Crippen molar-refractivity contribution in [2.24, 2.45) is 0 Å². The number of H-pyrrole nitrogens is 1. The molecule has 0 fully saturated rings. The summed E-state index contributed by atoms with van der Waals surface area (Å²) in [6.07, 6.45) is 1.76. The molecule has 0 unspecified atom stereocenters. The number of carbonyl (C=O) groups is 2. The number of carbonyl (C=O) groups excluding carboxylic acids is 2. The first-order chi connectivity index (χ1) is 12.7. The van der Waals surface area contributed by atoms with Gasteiger partial charge >= 0.3 is 5.97 Å². The molecule has 146 valence electrons. The Hall–Kier alpha value is -2.58. The molecule has 2 aromatic rings. The van der Waals surface area contributed by atoms with Crippen molar-refractivity contribution in [3.05, 3.63) is 41.2 Å². The fraction of sp³-hybridized carbons (Fsp3) is 0.389. The average Bonchev–Trinajstić information content (AvgIpc) is 3.10. The normalized spacial score (nSPS) is 12.5. The van der Waals surface area contributed by atoms with Gasteiger partial charge in [0.2, 0.25) is 0 Å². The number of benzene rings is 1. The molecular weight excluding hydrogens is 372 g/mol. The lowest BCUT2D eigenvalue weighted by atomic mass is 10.1. The van der Waals surface area contributed by atoms with Gasteiger partial charge in [-0.3, -0.25) is 14.7 Å². The molecule has 2 heterocycles. The van der Waals surface area contributed by atoms with Gasteiger partial charge in [0.05, 0.1) is 13.7 Å². The van der Waals surface area contributed by atoms with Gasteiger partial charge in [-0.05, 0) is 30.7 Å². The van der Waals surface area contributed by atoms with Crippen LogP contribution >= 0.6 is 12.4 Å². The van der Waals surface area contributed by atoms with Gasteiger partial charge < -0.3 is 20.1 Å². The number of anilines is 1. The van der Waals surface area contributed by atoms with Crippen LogP contribution in [0.5, 0.6) is 5.75 Å². The number of esters is 1.